The minimum Gasteiger partial charge on any atom is -0.497 e. The van der Waals surface area contributed by atoms with Gasteiger partial charge in [-0.25, -0.2) is 0 Å². The standard InChI is InChI=1S/C24H30N2O3S/c1-24(2)15-21(20-13-12-19(27-3)14-22(20)29-24)26-23(30)25-16-8-10-18(11-9-16)28-17-6-4-5-7-17/h8-14,17,21H,4-7,15H2,1-3H3,(H2,25,26,30)/t21-/m1/s1. The second-order valence-electron chi connectivity index (χ2n) is 8.67. The average Bonchev–Trinajstić information content (AvgIpc) is 3.21. The first-order valence-electron chi connectivity index (χ1n) is 10.6. The second-order valence-corrected chi connectivity index (χ2v) is 9.08. The fraction of sp³-hybridized carbons (Fsp3) is 0.458. The molecule has 1 fully saturated rings. The number of rotatable bonds is 5. The Morgan fingerprint density at radius 3 is 2.47 bits per heavy atom. The van der Waals surface area contributed by atoms with E-state index in [1.165, 1.54) is 12.8 Å². The van der Waals surface area contributed by atoms with E-state index in [-0.39, 0.29) is 11.6 Å². The Labute approximate surface area is 184 Å². The maximum atomic E-state index is 6.16. The van der Waals surface area contributed by atoms with Gasteiger partial charge in [0.05, 0.1) is 19.3 Å². The molecule has 0 bridgehead atoms. The molecule has 1 saturated carbocycles. The Morgan fingerprint density at radius 2 is 1.77 bits per heavy atom. The predicted molar refractivity (Wildman–Crippen MR) is 124 cm³/mol. The second kappa shape index (κ2) is 8.72. The number of anilines is 1. The smallest absolute Gasteiger partial charge is 0.171 e. The summed E-state index contributed by atoms with van der Waals surface area (Å²) < 4.78 is 17.5. The number of nitrogens with one attached hydrogen (secondary N) is 2. The van der Waals surface area contributed by atoms with Crippen LogP contribution in [0, 0.1) is 0 Å². The van der Waals surface area contributed by atoms with Gasteiger partial charge in [-0.3, -0.25) is 0 Å². The van der Waals surface area contributed by atoms with E-state index in [0.29, 0.717) is 11.2 Å². The van der Waals surface area contributed by atoms with Crippen molar-refractivity contribution < 1.29 is 14.2 Å². The topological polar surface area (TPSA) is 51.8 Å². The highest BCUT2D eigenvalue weighted by Crippen LogP contribution is 2.41. The van der Waals surface area contributed by atoms with Gasteiger partial charge >= 0.3 is 0 Å². The normalized spacial score (nSPS) is 20.0. The van der Waals surface area contributed by atoms with Gasteiger partial charge in [0.1, 0.15) is 22.8 Å². The van der Waals surface area contributed by atoms with Crippen LogP contribution in [0.3, 0.4) is 0 Å². The number of ether oxygens (including phenoxy) is 3. The van der Waals surface area contributed by atoms with Crippen LogP contribution in [0.2, 0.25) is 0 Å². The Kier molecular flexibility index (Phi) is 6.04. The molecule has 1 atom stereocenters. The number of fused-ring (bicyclic) bond motifs is 1. The zero-order chi connectivity index (χ0) is 21.1. The molecule has 0 aromatic heterocycles. The summed E-state index contributed by atoms with van der Waals surface area (Å²) in [6.07, 6.45) is 6.02. The molecule has 0 saturated heterocycles. The first kappa shape index (κ1) is 20.8. The van der Waals surface area contributed by atoms with Crippen molar-refractivity contribution in [3.8, 4) is 17.2 Å². The van der Waals surface area contributed by atoms with Crippen molar-refractivity contribution in [1.29, 1.82) is 0 Å². The summed E-state index contributed by atoms with van der Waals surface area (Å²) in [5.41, 5.74) is 1.72. The molecule has 6 heteroatoms. The molecule has 5 nitrogen and oxygen atoms in total. The minimum atomic E-state index is -0.300. The Bertz CT molecular complexity index is 892. The summed E-state index contributed by atoms with van der Waals surface area (Å²) >= 11 is 5.60. The molecule has 2 aromatic rings. The zero-order valence-corrected chi connectivity index (χ0v) is 18.7. The average molecular weight is 427 g/mol. The lowest BCUT2D eigenvalue weighted by molar-refractivity contribution is 0.0693. The first-order chi connectivity index (χ1) is 14.4. The molecule has 2 aliphatic rings. The van der Waals surface area contributed by atoms with E-state index in [1.54, 1.807) is 7.11 Å². The monoisotopic (exact) mass is 426 g/mol. The van der Waals surface area contributed by atoms with E-state index in [9.17, 15) is 0 Å². The molecule has 0 unspecified atom stereocenters. The van der Waals surface area contributed by atoms with Gasteiger partial charge in [-0.1, -0.05) is 0 Å². The van der Waals surface area contributed by atoms with E-state index in [1.807, 2.05) is 42.5 Å². The highest BCUT2D eigenvalue weighted by atomic mass is 32.1. The highest BCUT2D eigenvalue weighted by molar-refractivity contribution is 7.80. The molecule has 1 aliphatic carbocycles. The van der Waals surface area contributed by atoms with E-state index in [4.69, 9.17) is 26.4 Å². The number of benzene rings is 2. The van der Waals surface area contributed by atoms with Gasteiger partial charge in [0, 0.05) is 23.7 Å². The van der Waals surface area contributed by atoms with Gasteiger partial charge in [-0.15, -0.1) is 0 Å². The third-order valence-corrected chi connectivity index (χ3v) is 5.92. The zero-order valence-electron chi connectivity index (χ0n) is 17.9. The molecule has 0 radical (unpaired) electrons. The summed E-state index contributed by atoms with van der Waals surface area (Å²) in [5.74, 6) is 2.53. The summed E-state index contributed by atoms with van der Waals surface area (Å²) in [6.45, 7) is 4.17. The van der Waals surface area contributed by atoms with Crippen LogP contribution >= 0.6 is 12.2 Å². The van der Waals surface area contributed by atoms with Gasteiger partial charge in [-0.05, 0) is 88.1 Å². The van der Waals surface area contributed by atoms with Crippen molar-refractivity contribution in [3.05, 3.63) is 48.0 Å². The van der Waals surface area contributed by atoms with Crippen molar-refractivity contribution in [2.75, 3.05) is 12.4 Å². The fourth-order valence-electron chi connectivity index (χ4n) is 4.23. The number of methoxy groups -OCH3 is 1. The Hall–Kier alpha value is -2.47. The minimum absolute atomic E-state index is 0.0552. The molecule has 2 aromatic carbocycles. The maximum Gasteiger partial charge on any atom is 0.171 e. The van der Waals surface area contributed by atoms with Crippen LogP contribution in [0.1, 0.15) is 57.6 Å². The van der Waals surface area contributed by atoms with Crippen LogP contribution in [0.5, 0.6) is 17.2 Å². The largest absolute Gasteiger partial charge is 0.497 e. The first-order valence-corrected chi connectivity index (χ1v) is 11.0. The molecule has 0 spiro atoms. The number of hydrogen-bond donors (Lipinski definition) is 2. The molecule has 0 amide bonds. The molecule has 4 rings (SSSR count). The SMILES string of the molecule is COc1ccc2c(c1)OC(C)(C)C[C@H]2NC(=S)Nc1ccc(OC2CCCC2)cc1. The molecular weight excluding hydrogens is 396 g/mol. The Balaban J connectivity index is 1.40. The predicted octanol–water partition coefficient (Wildman–Crippen LogP) is 5.61. The molecule has 1 aliphatic heterocycles. The third-order valence-electron chi connectivity index (χ3n) is 5.70. The Morgan fingerprint density at radius 1 is 1.07 bits per heavy atom. The highest BCUT2D eigenvalue weighted by Gasteiger charge is 2.34. The number of thiocarbonyl (C=S) groups is 1. The van der Waals surface area contributed by atoms with Crippen LogP contribution in [-0.2, 0) is 0 Å². The van der Waals surface area contributed by atoms with Crippen molar-refractivity contribution >= 4 is 23.0 Å². The number of hydrogen-bond acceptors (Lipinski definition) is 4. The van der Waals surface area contributed by atoms with Crippen LogP contribution in [0.15, 0.2) is 42.5 Å². The van der Waals surface area contributed by atoms with E-state index in [0.717, 1.165) is 47.8 Å². The quantitative estimate of drug-likeness (QED) is 0.607. The molecule has 2 N–H and O–H groups in total. The third kappa shape index (κ3) is 4.98. The van der Waals surface area contributed by atoms with Crippen LogP contribution in [-0.4, -0.2) is 23.9 Å². The maximum absolute atomic E-state index is 6.16. The van der Waals surface area contributed by atoms with Crippen molar-refractivity contribution in [2.45, 2.75) is 63.7 Å². The summed E-state index contributed by atoms with van der Waals surface area (Å²) in [7, 11) is 1.66. The molecule has 160 valence electrons. The lowest BCUT2D eigenvalue weighted by Crippen LogP contribution is -2.42. The van der Waals surface area contributed by atoms with E-state index >= 15 is 0 Å². The molecular formula is C24H30N2O3S. The molecule has 30 heavy (non-hydrogen) atoms. The van der Waals surface area contributed by atoms with Crippen molar-refractivity contribution in [3.63, 3.8) is 0 Å². The van der Waals surface area contributed by atoms with Crippen molar-refractivity contribution in [2.24, 2.45) is 0 Å². The lowest BCUT2D eigenvalue weighted by atomic mass is 9.89. The summed E-state index contributed by atoms with van der Waals surface area (Å²) in [4.78, 5) is 0. The van der Waals surface area contributed by atoms with Crippen molar-refractivity contribution in [1.82, 2.24) is 5.32 Å². The van der Waals surface area contributed by atoms with Crippen LogP contribution in [0.25, 0.3) is 0 Å². The van der Waals surface area contributed by atoms with Gasteiger partial charge < -0.3 is 24.8 Å². The van der Waals surface area contributed by atoms with Gasteiger partial charge in [-0.2, -0.15) is 0 Å². The molecule has 1 heterocycles. The van der Waals surface area contributed by atoms with Crippen LogP contribution in [0.4, 0.5) is 5.69 Å². The van der Waals surface area contributed by atoms with Crippen LogP contribution < -0.4 is 24.8 Å². The summed E-state index contributed by atoms with van der Waals surface area (Å²) in [6, 6.07) is 14.0. The van der Waals surface area contributed by atoms with Gasteiger partial charge in [0.2, 0.25) is 0 Å². The van der Waals surface area contributed by atoms with Gasteiger partial charge in [0.15, 0.2) is 5.11 Å². The lowest BCUT2D eigenvalue weighted by Gasteiger charge is -2.38. The van der Waals surface area contributed by atoms with Gasteiger partial charge in [0.25, 0.3) is 0 Å². The summed E-state index contributed by atoms with van der Waals surface area (Å²) in [5, 5.41) is 7.34. The van der Waals surface area contributed by atoms with E-state index < -0.39 is 0 Å². The fourth-order valence-corrected chi connectivity index (χ4v) is 4.49. The van der Waals surface area contributed by atoms with E-state index in [2.05, 4.69) is 24.5 Å².